The molecule has 0 aromatic rings. The third-order valence-corrected chi connectivity index (χ3v) is 5.44. The van der Waals surface area contributed by atoms with Gasteiger partial charge in [-0.3, -0.25) is 4.79 Å². The molecule has 18 heavy (non-hydrogen) atoms. The number of hydrogen-bond acceptors (Lipinski definition) is 3. The number of ketones is 1. The first-order chi connectivity index (χ1) is 8.69. The summed E-state index contributed by atoms with van der Waals surface area (Å²) in [5.74, 6) is 2.81. The lowest BCUT2D eigenvalue weighted by Crippen LogP contribution is -2.41. The molecule has 2 fully saturated rings. The van der Waals surface area contributed by atoms with Gasteiger partial charge in [0, 0.05) is 18.3 Å². The first-order valence-corrected chi connectivity index (χ1v) is 8.29. The van der Waals surface area contributed by atoms with Crippen molar-refractivity contribution < 1.29 is 9.53 Å². The molecule has 0 N–H and O–H groups in total. The molecule has 0 amide bonds. The molecule has 2 aliphatic rings. The van der Waals surface area contributed by atoms with Crippen molar-refractivity contribution in [1.29, 1.82) is 0 Å². The second-order valence-corrected chi connectivity index (χ2v) is 6.54. The fourth-order valence-corrected chi connectivity index (χ4v) is 4.29. The first-order valence-electron chi connectivity index (χ1n) is 7.14. The van der Waals surface area contributed by atoms with Crippen LogP contribution in [0.4, 0.5) is 0 Å². The van der Waals surface area contributed by atoms with E-state index in [1.165, 1.54) is 11.3 Å². The van der Waals surface area contributed by atoms with Crippen LogP contribution in [0.3, 0.4) is 0 Å². The average molecular weight is 268 g/mol. The maximum Gasteiger partial charge on any atom is 0.158 e. The van der Waals surface area contributed by atoms with Crippen molar-refractivity contribution in [2.75, 3.05) is 18.1 Å². The van der Waals surface area contributed by atoms with E-state index in [0.29, 0.717) is 5.78 Å². The Kier molecular flexibility index (Phi) is 4.91. The van der Waals surface area contributed by atoms with Gasteiger partial charge in [-0.2, -0.15) is 11.8 Å². The van der Waals surface area contributed by atoms with E-state index < -0.39 is 0 Å². The monoisotopic (exact) mass is 268 g/mol. The number of allylic oxidation sites excluding steroid dienone is 2. The second kappa shape index (κ2) is 6.25. The summed E-state index contributed by atoms with van der Waals surface area (Å²) in [7, 11) is 0. The highest BCUT2D eigenvalue weighted by Crippen LogP contribution is 2.40. The maximum absolute atomic E-state index is 12.3. The summed E-state index contributed by atoms with van der Waals surface area (Å²) in [6.07, 6.45) is 6.86. The smallest absolute Gasteiger partial charge is 0.158 e. The van der Waals surface area contributed by atoms with Gasteiger partial charge in [0.05, 0.1) is 5.60 Å². The molecule has 3 heteroatoms. The lowest BCUT2D eigenvalue weighted by atomic mass is 9.82. The van der Waals surface area contributed by atoms with Crippen LogP contribution in [0, 0.1) is 5.92 Å². The summed E-state index contributed by atoms with van der Waals surface area (Å²) >= 11 is 1.96. The van der Waals surface area contributed by atoms with Crippen LogP contribution in [0.15, 0.2) is 11.6 Å². The molecule has 2 aliphatic heterocycles. The van der Waals surface area contributed by atoms with E-state index in [-0.39, 0.29) is 11.5 Å². The van der Waals surface area contributed by atoms with Crippen LogP contribution < -0.4 is 0 Å². The van der Waals surface area contributed by atoms with Crippen LogP contribution in [0.2, 0.25) is 0 Å². The molecule has 2 nitrogen and oxygen atoms in total. The van der Waals surface area contributed by atoms with Crippen molar-refractivity contribution in [2.45, 2.75) is 51.6 Å². The van der Waals surface area contributed by atoms with Gasteiger partial charge in [0.25, 0.3) is 0 Å². The van der Waals surface area contributed by atoms with Gasteiger partial charge in [-0.05, 0) is 43.9 Å². The van der Waals surface area contributed by atoms with Crippen molar-refractivity contribution in [3.05, 3.63) is 11.6 Å². The minimum atomic E-state index is 0.0235. The van der Waals surface area contributed by atoms with Crippen molar-refractivity contribution in [3.63, 3.8) is 0 Å². The average Bonchev–Trinajstić information content (AvgIpc) is 2.83. The molecule has 2 unspecified atom stereocenters. The quantitative estimate of drug-likeness (QED) is 0.729. The summed E-state index contributed by atoms with van der Waals surface area (Å²) in [6.45, 7) is 5.02. The summed E-state index contributed by atoms with van der Waals surface area (Å²) < 4.78 is 5.97. The molecule has 1 spiro atoms. The minimum absolute atomic E-state index is 0.0235. The number of thioether (sulfide) groups is 1. The molecule has 2 rings (SSSR count). The van der Waals surface area contributed by atoms with Crippen molar-refractivity contribution in [1.82, 2.24) is 0 Å². The van der Waals surface area contributed by atoms with E-state index in [0.717, 1.165) is 44.5 Å². The Balaban J connectivity index is 2.00. The molecular formula is C15H24O2S. The topological polar surface area (TPSA) is 26.3 Å². The molecule has 0 radical (unpaired) electrons. The lowest BCUT2D eigenvalue weighted by Gasteiger charge is -2.36. The van der Waals surface area contributed by atoms with E-state index in [1.54, 1.807) is 0 Å². The molecular weight excluding hydrogens is 244 g/mol. The van der Waals surface area contributed by atoms with Gasteiger partial charge in [-0.25, -0.2) is 0 Å². The standard InChI is InChI=1S/C15H24O2S/c1-3-12(4-2)9-14(16)13-5-7-17-15(10-13)6-8-18-11-15/h9,13H,3-8,10-11H2,1-2H3. The number of carbonyl (C=O) groups is 1. The number of hydrogen-bond donors (Lipinski definition) is 0. The highest BCUT2D eigenvalue weighted by atomic mass is 32.2. The number of ether oxygens (including phenoxy) is 1. The van der Waals surface area contributed by atoms with Gasteiger partial charge in [0.2, 0.25) is 0 Å². The second-order valence-electron chi connectivity index (χ2n) is 5.44. The lowest BCUT2D eigenvalue weighted by molar-refractivity contribution is -0.129. The number of carbonyl (C=O) groups excluding carboxylic acids is 1. The van der Waals surface area contributed by atoms with Crippen molar-refractivity contribution >= 4 is 17.5 Å². The Morgan fingerprint density at radius 1 is 1.44 bits per heavy atom. The summed E-state index contributed by atoms with van der Waals surface area (Å²) in [5, 5.41) is 0. The fourth-order valence-electron chi connectivity index (χ4n) is 2.91. The third kappa shape index (κ3) is 3.18. The van der Waals surface area contributed by atoms with Crippen molar-refractivity contribution in [2.24, 2.45) is 5.92 Å². The van der Waals surface area contributed by atoms with Crippen molar-refractivity contribution in [3.8, 4) is 0 Å². The zero-order valence-corrected chi connectivity index (χ0v) is 12.4. The van der Waals surface area contributed by atoms with Gasteiger partial charge in [-0.15, -0.1) is 0 Å². The molecule has 102 valence electrons. The van der Waals surface area contributed by atoms with E-state index in [1.807, 2.05) is 17.8 Å². The molecule has 0 saturated carbocycles. The van der Waals surface area contributed by atoms with E-state index in [2.05, 4.69) is 13.8 Å². The van der Waals surface area contributed by atoms with Crippen LogP contribution in [-0.4, -0.2) is 29.5 Å². The Morgan fingerprint density at radius 2 is 2.22 bits per heavy atom. The van der Waals surface area contributed by atoms with Gasteiger partial charge in [0.1, 0.15) is 0 Å². The van der Waals surface area contributed by atoms with Crippen LogP contribution in [0.25, 0.3) is 0 Å². The molecule has 2 saturated heterocycles. The Labute approximate surface area is 115 Å². The summed E-state index contributed by atoms with van der Waals surface area (Å²) in [6, 6.07) is 0. The Morgan fingerprint density at radius 3 is 2.83 bits per heavy atom. The highest BCUT2D eigenvalue weighted by Gasteiger charge is 2.41. The summed E-state index contributed by atoms with van der Waals surface area (Å²) in [5.41, 5.74) is 1.30. The van der Waals surface area contributed by atoms with Gasteiger partial charge < -0.3 is 4.74 Å². The predicted molar refractivity (Wildman–Crippen MR) is 77.0 cm³/mol. The van der Waals surface area contributed by atoms with E-state index >= 15 is 0 Å². The Bertz CT molecular complexity index is 323. The normalized spacial score (nSPS) is 31.6. The molecule has 0 bridgehead atoms. The highest BCUT2D eigenvalue weighted by molar-refractivity contribution is 7.99. The van der Waals surface area contributed by atoms with Gasteiger partial charge in [0.15, 0.2) is 5.78 Å². The molecule has 0 aromatic heterocycles. The van der Waals surface area contributed by atoms with E-state index in [4.69, 9.17) is 4.74 Å². The van der Waals surface area contributed by atoms with Gasteiger partial charge in [-0.1, -0.05) is 19.4 Å². The number of rotatable bonds is 4. The first kappa shape index (κ1) is 14.1. The van der Waals surface area contributed by atoms with Crippen LogP contribution in [-0.2, 0) is 9.53 Å². The van der Waals surface area contributed by atoms with Crippen LogP contribution in [0.5, 0.6) is 0 Å². The fraction of sp³-hybridized carbons (Fsp3) is 0.800. The molecule has 2 atom stereocenters. The zero-order valence-electron chi connectivity index (χ0n) is 11.5. The Hall–Kier alpha value is -0.280. The predicted octanol–water partition coefficient (Wildman–Crippen LogP) is 3.60. The minimum Gasteiger partial charge on any atom is -0.374 e. The van der Waals surface area contributed by atoms with Crippen LogP contribution >= 0.6 is 11.8 Å². The molecule has 2 heterocycles. The summed E-state index contributed by atoms with van der Waals surface area (Å²) in [4.78, 5) is 12.3. The third-order valence-electron chi connectivity index (χ3n) is 4.22. The zero-order chi connectivity index (χ0) is 13.0. The SMILES string of the molecule is CCC(=CC(=O)C1CCOC2(CCSC2)C1)CC. The van der Waals surface area contributed by atoms with Crippen LogP contribution in [0.1, 0.15) is 46.0 Å². The maximum atomic E-state index is 12.3. The molecule has 0 aliphatic carbocycles. The largest absolute Gasteiger partial charge is 0.374 e. The van der Waals surface area contributed by atoms with E-state index in [9.17, 15) is 4.79 Å². The van der Waals surface area contributed by atoms with Gasteiger partial charge >= 0.3 is 0 Å². The molecule has 0 aromatic carbocycles.